The van der Waals surface area contributed by atoms with Crippen LogP contribution < -0.4 is 0 Å². The Balaban J connectivity index is 2.69. The van der Waals surface area contributed by atoms with Crippen LogP contribution in [0, 0.1) is 23.7 Å². The van der Waals surface area contributed by atoms with Crippen LogP contribution in [0.5, 0.6) is 0 Å². The van der Waals surface area contributed by atoms with Gasteiger partial charge in [0.2, 0.25) is 0 Å². The van der Waals surface area contributed by atoms with Gasteiger partial charge in [-0.05, 0) is 43.3 Å². The molecule has 5 atom stereocenters. The van der Waals surface area contributed by atoms with Gasteiger partial charge >= 0.3 is 0 Å². The molecule has 1 rings (SSSR count). The van der Waals surface area contributed by atoms with Gasteiger partial charge in [-0.25, -0.2) is 0 Å². The number of hydrogen-bond acceptors (Lipinski definition) is 2. The van der Waals surface area contributed by atoms with Gasteiger partial charge in [0.25, 0.3) is 0 Å². The molecule has 1 saturated carbocycles. The highest BCUT2D eigenvalue weighted by atomic mass is 32.2. The third-order valence-electron chi connectivity index (χ3n) is 4.39. The summed E-state index contributed by atoms with van der Waals surface area (Å²) in [6.07, 6.45) is 8.15. The Bertz CT molecular complexity index is 217. The lowest BCUT2D eigenvalue weighted by molar-refractivity contribution is -0.112. The Labute approximate surface area is 105 Å². The highest BCUT2D eigenvalue weighted by Crippen LogP contribution is 2.41. The first-order valence-electron chi connectivity index (χ1n) is 6.62. The fourth-order valence-corrected chi connectivity index (χ4v) is 4.42. The minimum absolute atomic E-state index is 0.333. The predicted octanol–water partition coefficient (Wildman–Crippen LogP) is 4.02. The summed E-state index contributed by atoms with van der Waals surface area (Å²) in [4.78, 5) is 11.0. The molecule has 1 aliphatic rings. The van der Waals surface area contributed by atoms with E-state index in [1.54, 1.807) is 0 Å². The number of carbonyl (C=O) groups excluding carboxylic acids is 1. The highest BCUT2D eigenvalue weighted by molar-refractivity contribution is 7.99. The largest absolute Gasteiger partial charge is 0.303 e. The first kappa shape index (κ1) is 14.1. The first-order chi connectivity index (χ1) is 7.63. The molecule has 0 amide bonds. The molecule has 0 radical (unpaired) electrons. The summed E-state index contributed by atoms with van der Waals surface area (Å²) in [5.74, 6) is 2.64. The molecule has 0 spiro atoms. The van der Waals surface area contributed by atoms with Crippen LogP contribution in [0.3, 0.4) is 0 Å². The van der Waals surface area contributed by atoms with Crippen LogP contribution in [0.1, 0.15) is 46.5 Å². The minimum Gasteiger partial charge on any atom is -0.303 e. The quantitative estimate of drug-likeness (QED) is 0.677. The monoisotopic (exact) mass is 242 g/mol. The van der Waals surface area contributed by atoms with Crippen LogP contribution in [0.25, 0.3) is 0 Å². The molecule has 0 N–H and O–H groups in total. The molecule has 94 valence electrons. The van der Waals surface area contributed by atoms with Crippen molar-refractivity contribution in [3.63, 3.8) is 0 Å². The summed E-state index contributed by atoms with van der Waals surface area (Å²) in [7, 11) is 0. The maximum Gasteiger partial charge on any atom is 0.123 e. The molecule has 0 heterocycles. The second-order valence-corrected chi connectivity index (χ2v) is 6.45. The van der Waals surface area contributed by atoms with E-state index in [9.17, 15) is 4.79 Å². The summed E-state index contributed by atoms with van der Waals surface area (Å²) in [6, 6.07) is 0. The predicted molar refractivity (Wildman–Crippen MR) is 72.8 cm³/mol. The van der Waals surface area contributed by atoms with Gasteiger partial charge in [-0.3, -0.25) is 0 Å². The van der Waals surface area contributed by atoms with Crippen molar-refractivity contribution < 1.29 is 4.79 Å². The number of thioether (sulfide) groups is 1. The van der Waals surface area contributed by atoms with Crippen molar-refractivity contribution in [3.8, 4) is 0 Å². The van der Waals surface area contributed by atoms with Crippen LogP contribution in [0.15, 0.2) is 0 Å². The number of aldehydes is 1. The summed E-state index contributed by atoms with van der Waals surface area (Å²) >= 11 is 2.01. The zero-order chi connectivity index (χ0) is 12.1. The lowest BCUT2D eigenvalue weighted by Gasteiger charge is -2.39. The van der Waals surface area contributed by atoms with Gasteiger partial charge in [0.1, 0.15) is 6.29 Å². The van der Waals surface area contributed by atoms with Crippen molar-refractivity contribution in [2.75, 3.05) is 6.26 Å². The molecule has 5 unspecified atom stereocenters. The van der Waals surface area contributed by atoms with E-state index >= 15 is 0 Å². The lowest BCUT2D eigenvalue weighted by Crippen LogP contribution is -2.34. The lowest BCUT2D eigenvalue weighted by atomic mass is 9.71. The van der Waals surface area contributed by atoms with E-state index in [1.807, 2.05) is 11.8 Å². The molecule has 0 aromatic carbocycles. The molecule has 1 fully saturated rings. The second-order valence-electron chi connectivity index (χ2n) is 5.44. The van der Waals surface area contributed by atoms with E-state index in [0.717, 1.165) is 35.8 Å². The zero-order valence-corrected chi connectivity index (χ0v) is 11.9. The van der Waals surface area contributed by atoms with E-state index in [4.69, 9.17) is 0 Å². The number of hydrogen-bond donors (Lipinski definition) is 0. The third kappa shape index (κ3) is 3.26. The van der Waals surface area contributed by atoms with Crippen molar-refractivity contribution in [1.82, 2.24) is 0 Å². The summed E-state index contributed by atoms with van der Waals surface area (Å²) in [6.45, 7) is 7.01. The smallest absolute Gasteiger partial charge is 0.123 e. The zero-order valence-electron chi connectivity index (χ0n) is 11.1. The third-order valence-corrected chi connectivity index (χ3v) is 5.75. The van der Waals surface area contributed by atoms with Gasteiger partial charge in [0.05, 0.1) is 0 Å². The fourth-order valence-electron chi connectivity index (χ4n) is 3.03. The Morgan fingerprint density at radius 3 is 2.62 bits per heavy atom. The topological polar surface area (TPSA) is 17.1 Å². The van der Waals surface area contributed by atoms with Gasteiger partial charge in [-0.15, -0.1) is 0 Å². The van der Waals surface area contributed by atoms with Crippen LogP contribution >= 0.6 is 11.8 Å². The molecule has 1 nitrogen and oxygen atoms in total. The van der Waals surface area contributed by atoms with E-state index in [1.165, 1.54) is 19.1 Å². The second kappa shape index (κ2) is 6.68. The molecule has 1 aliphatic carbocycles. The average Bonchev–Trinajstić information content (AvgIpc) is 2.32. The molecular formula is C14H26OS. The molecular weight excluding hydrogens is 216 g/mol. The summed E-state index contributed by atoms with van der Waals surface area (Å²) in [5.41, 5.74) is 0. The maximum absolute atomic E-state index is 11.0. The molecule has 16 heavy (non-hydrogen) atoms. The highest BCUT2D eigenvalue weighted by Gasteiger charge is 2.34. The van der Waals surface area contributed by atoms with E-state index < -0.39 is 0 Å². The van der Waals surface area contributed by atoms with Crippen LogP contribution in [-0.4, -0.2) is 17.8 Å². The van der Waals surface area contributed by atoms with Gasteiger partial charge in [0.15, 0.2) is 0 Å². The van der Waals surface area contributed by atoms with E-state index in [-0.39, 0.29) is 0 Å². The first-order valence-corrected chi connectivity index (χ1v) is 7.90. The molecule has 0 aliphatic heterocycles. The van der Waals surface area contributed by atoms with Crippen LogP contribution in [0.4, 0.5) is 0 Å². The Morgan fingerprint density at radius 2 is 2.12 bits per heavy atom. The normalized spacial score (nSPS) is 34.4. The van der Waals surface area contributed by atoms with Gasteiger partial charge in [-0.2, -0.15) is 11.8 Å². The van der Waals surface area contributed by atoms with Crippen molar-refractivity contribution in [1.29, 1.82) is 0 Å². The maximum atomic E-state index is 11.0. The molecule has 0 bridgehead atoms. The Kier molecular flexibility index (Phi) is 5.88. The summed E-state index contributed by atoms with van der Waals surface area (Å²) < 4.78 is 0. The fraction of sp³-hybridized carbons (Fsp3) is 0.929. The SMILES string of the molecule is CCC(C)C(SC)C1CC(C=O)CCC1C. The molecule has 0 saturated heterocycles. The van der Waals surface area contributed by atoms with Crippen molar-refractivity contribution in [3.05, 3.63) is 0 Å². The van der Waals surface area contributed by atoms with E-state index in [2.05, 4.69) is 27.0 Å². The van der Waals surface area contributed by atoms with Gasteiger partial charge in [-0.1, -0.05) is 27.2 Å². The number of carbonyl (C=O) groups is 1. The average molecular weight is 242 g/mol. The number of rotatable bonds is 5. The van der Waals surface area contributed by atoms with Gasteiger partial charge in [0, 0.05) is 11.2 Å². The standard InChI is InChI=1S/C14H26OS/c1-5-10(2)14(16-4)13-8-12(9-15)7-6-11(13)3/h9-14H,5-8H2,1-4H3. The van der Waals surface area contributed by atoms with Crippen LogP contribution in [-0.2, 0) is 4.79 Å². The van der Waals surface area contributed by atoms with Crippen molar-refractivity contribution in [2.45, 2.75) is 51.7 Å². The Hall–Kier alpha value is 0.0200. The summed E-state index contributed by atoms with van der Waals surface area (Å²) in [5, 5.41) is 0.739. The van der Waals surface area contributed by atoms with Crippen LogP contribution in [0.2, 0.25) is 0 Å². The minimum atomic E-state index is 0.333. The van der Waals surface area contributed by atoms with E-state index in [0.29, 0.717) is 5.92 Å². The Morgan fingerprint density at radius 1 is 1.44 bits per heavy atom. The van der Waals surface area contributed by atoms with Crippen molar-refractivity contribution >= 4 is 18.0 Å². The molecule has 0 aromatic rings. The molecule has 2 heteroatoms. The molecule has 0 aromatic heterocycles. The van der Waals surface area contributed by atoms with Gasteiger partial charge < -0.3 is 4.79 Å². The van der Waals surface area contributed by atoms with Crippen molar-refractivity contribution in [2.24, 2.45) is 23.7 Å².